The molecule has 1 spiro atoms. The number of aromatic nitrogens is 2. The molecule has 1 aliphatic heterocycles. The lowest BCUT2D eigenvalue weighted by molar-refractivity contribution is 0.0586. The van der Waals surface area contributed by atoms with Crippen LogP contribution in [-0.2, 0) is 0 Å². The van der Waals surface area contributed by atoms with Gasteiger partial charge in [-0.3, -0.25) is 4.98 Å². The van der Waals surface area contributed by atoms with Crippen LogP contribution in [0.1, 0.15) is 56.7 Å². The van der Waals surface area contributed by atoms with E-state index < -0.39 is 5.82 Å². The fourth-order valence-electron chi connectivity index (χ4n) is 4.98. The minimum Gasteiger partial charge on any atom is -0.453 e. The van der Waals surface area contributed by atoms with Gasteiger partial charge < -0.3 is 14.8 Å². The lowest BCUT2D eigenvalue weighted by atomic mass is 9.57. The van der Waals surface area contributed by atoms with Crippen LogP contribution in [0.2, 0.25) is 0 Å². The molecule has 0 amide bonds. The van der Waals surface area contributed by atoms with Crippen molar-refractivity contribution in [2.45, 2.75) is 50.7 Å². The molecular formula is C26H28FN5OS. The number of nitrogens with one attached hydrogen (secondary N) is 2. The van der Waals surface area contributed by atoms with Crippen LogP contribution in [0.4, 0.5) is 10.1 Å². The molecule has 1 aliphatic carbocycles. The van der Waals surface area contributed by atoms with E-state index in [2.05, 4.69) is 21.1 Å². The number of anilines is 1. The van der Waals surface area contributed by atoms with Crippen molar-refractivity contribution in [3.63, 3.8) is 0 Å². The molecule has 0 bridgehead atoms. The molecule has 1 saturated carbocycles. The zero-order valence-corrected chi connectivity index (χ0v) is 20.2. The van der Waals surface area contributed by atoms with Crippen LogP contribution in [-0.4, -0.2) is 28.3 Å². The van der Waals surface area contributed by atoms with Crippen molar-refractivity contribution in [3.05, 3.63) is 53.6 Å². The van der Waals surface area contributed by atoms with Gasteiger partial charge in [-0.25, -0.2) is 9.37 Å². The number of hydrogen-bond donors (Lipinski definition) is 2. The first-order valence-electron chi connectivity index (χ1n) is 11.8. The van der Waals surface area contributed by atoms with Gasteiger partial charge in [0.1, 0.15) is 17.4 Å². The maximum Gasteiger partial charge on any atom is 0.182 e. The van der Waals surface area contributed by atoms with Crippen molar-refractivity contribution >= 4 is 28.7 Å². The number of nitrogens with zero attached hydrogens (tertiary/aromatic N) is 3. The lowest BCUT2D eigenvalue weighted by Gasteiger charge is -2.50. The summed E-state index contributed by atoms with van der Waals surface area (Å²) < 4.78 is 23.7. The van der Waals surface area contributed by atoms with Gasteiger partial charge in [-0.15, -0.1) is 0 Å². The highest BCUT2D eigenvalue weighted by molar-refractivity contribution is 8.01. The fraction of sp³-hybridized carbons (Fsp3) is 0.423. The summed E-state index contributed by atoms with van der Waals surface area (Å²) in [5, 5.41) is 13.4. The molecular weight excluding hydrogens is 449 g/mol. The largest absolute Gasteiger partial charge is 0.453 e. The minimum absolute atomic E-state index is 0.0906. The van der Waals surface area contributed by atoms with E-state index in [-0.39, 0.29) is 11.3 Å². The van der Waals surface area contributed by atoms with Crippen LogP contribution < -0.4 is 14.8 Å². The highest BCUT2D eigenvalue weighted by Gasteiger charge is 2.45. The number of nitriles is 1. The number of piperidine rings is 1. The molecule has 2 N–H and O–H groups in total. The van der Waals surface area contributed by atoms with Gasteiger partial charge >= 0.3 is 0 Å². The van der Waals surface area contributed by atoms with Crippen LogP contribution in [0.25, 0.3) is 11.0 Å². The molecule has 176 valence electrons. The number of benzene rings is 2. The zero-order chi connectivity index (χ0) is 23.7. The Bertz CT molecular complexity index is 1240. The molecule has 0 atom stereocenters. The van der Waals surface area contributed by atoms with Gasteiger partial charge in [-0.1, -0.05) is 13.8 Å². The second-order valence-electron chi connectivity index (χ2n) is 9.58. The van der Waals surface area contributed by atoms with Gasteiger partial charge in [0, 0.05) is 23.4 Å². The van der Waals surface area contributed by atoms with E-state index in [0.717, 1.165) is 37.1 Å². The van der Waals surface area contributed by atoms with Crippen LogP contribution in [0.3, 0.4) is 0 Å². The van der Waals surface area contributed by atoms with E-state index in [1.54, 1.807) is 18.2 Å². The summed E-state index contributed by atoms with van der Waals surface area (Å²) in [5.74, 6) is 0.181. The van der Waals surface area contributed by atoms with E-state index >= 15 is 0 Å². The van der Waals surface area contributed by atoms with Crippen LogP contribution in [0.15, 0.2) is 36.5 Å². The van der Waals surface area contributed by atoms with Gasteiger partial charge in [0.25, 0.3) is 0 Å². The van der Waals surface area contributed by atoms with E-state index in [9.17, 15) is 9.65 Å². The Morgan fingerprint density at radius 1 is 1.21 bits per heavy atom. The Kier molecular flexibility index (Phi) is 6.32. The molecule has 6 nitrogen and oxygen atoms in total. The number of hydrogen-bond acceptors (Lipinski definition) is 7. The van der Waals surface area contributed by atoms with Crippen LogP contribution in [0, 0.1) is 22.6 Å². The molecule has 34 heavy (non-hydrogen) atoms. The first-order valence-corrected chi connectivity index (χ1v) is 12.6. The average molecular weight is 478 g/mol. The molecule has 0 unspecified atom stereocenters. The molecule has 2 fully saturated rings. The second-order valence-corrected chi connectivity index (χ2v) is 11.0. The molecule has 2 aliphatic rings. The van der Waals surface area contributed by atoms with Crippen molar-refractivity contribution in [1.82, 2.24) is 15.3 Å². The Morgan fingerprint density at radius 2 is 2.00 bits per heavy atom. The Balaban J connectivity index is 1.38. The summed E-state index contributed by atoms with van der Waals surface area (Å²) >= 11 is 1.46. The van der Waals surface area contributed by atoms with Crippen molar-refractivity contribution in [2.75, 3.05) is 17.8 Å². The standard InChI is InChI=1S/C26H28FN5OS/c1-16(2)34-32-21-6-4-20(27)25(19(21)14-28)33-18-3-5-22-23(11-18)31-24(15-30-22)17-12-26(13-17)7-9-29-10-8-26/h3-6,11,15-17,29,32H,7-10,12-13H2,1-2H3. The lowest BCUT2D eigenvalue weighted by Crippen LogP contribution is -2.44. The van der Waals surface area contributed by atoms with Gasteiger partial charge in [-0.05, 0) is 80.4 Å². The summed E-state index contributed by atoms with van der Waals surface area (Å²) in [4.78, 5) is 9.48. The third kappa shape index (κ3) is 4.55. The molecule has 0 radical (unpaired) electrons. The summed E-state index contributed by atoms with van der Waals surface area (Å²) in [6.07, 6.45) is 6.68. The van der Waals surface area contributed by atoms with Gasteiger partial charge in [0.15, 0.2) is 11.6 Å². The zero-order valence-electron chi connectivity index (χ0n) is 19.4. The maximum atomic E-state index is 14.7. The Labute approximate surface area is 203 Å². The fourth-order valence-corrected chi connectivity index (χ4v) is 5.51. The predicted octanol–water partition coefficient (Wildman–Crippen LogP) is 6.15. The summed E-state index contributed by atoms with van der Waals surface area (Å²) in [6.45, 7) is 6.27. The molecule has 8 heteroatoms. The van der Waals surface area contributed by atoms with Crippen molar-refractivity contribution < 1.29 is 9.13 Å². The van der Waals surface area contributed by atoms with Gasteiger partial charge in [0.2, 0.25) is 0 Å². The van der Waals surface area contributed by atoms with Crippen molar-refractivity contribution in [3.8, 4) is 17.6 Å². The molecule has 1 saturated heterocycles. The van der Waals surface area contributed by atoms with E-state index in [4.69, 9.17) is 9.72 Å². The van der Waals surface area contributed by atoms with E-state index in [0.29, 0.717) is 33.5 Å². The van der Waals surface area contributed by atoms with E-state index in [1.165, 1.54) is 30.9 Å². The minimum atomic E-state index is -0.585. The highest BCUT2D eigenvalue weighted by atomic mass is 32.2. The van der Waals surface area contributed by atoms with Crippen molar-refractivity contribution in [2.24, 2.45) is 5.41 Å². The molecule has 3 aromatic rings. The third-order valence-corrected chi connectivity index (χ3v) is 7.63. The summed E-state index contributed by atoms with van der Waals surface area (Å²) in [6, 6.07) is 10.3. The number of ether oxygens (including phenoxy) is 1. The predicted molar refractivity (Wildman–Crippen MR) is 134 cm³/mol. The number of rotatable bonds is 6. The SMILES string of the molecule is CC(C)SNc1ccc(F)c(Oc2ccc3ncc(C4CC5(CCNCC5)C4)nc3c2)c1C#N. The highest BCUT2D eigenvalue weighted by Crippen LogP contribution is 2.55. The normalized spacial score (nSPS) is 17.5. The van der Waals surface area contributed by atoms with Crippen LogP contribution >= 0.6 is 11.9 Å². The molecule has 1 aromatic heterocycles. The number of halogens is 1. The smallest absolute Gasteiger partial charge is 0.182 e. The quantitative estimate of drug-likeness (QED) is 0.412. The topological polar surface area (TPSA) is 82.9 Å². The monoisotopic (exact) mass is 477 g/mol. The average Bonchev–Trinajstić information content (AvgIpc) is 2.82. The summed E-state index contributed by atoms with van der Waals surface area (Å²) in [5.41, 5.74) is 3.61. The second kappa shape index (κ2) is 9.40. The molecule has 2 aromatic carbocycles. The maximum absolute atomic E-state index is 14.7. The first-order chi connectivity index (χ1) is 16.5. The molecule has 2 heterocycles. The third-order valence-electron chi connectivity index (χ3n) is 6.82. The molecule has 5 rings (SSSR count). The van der Waals surface area contributed by atoms with Crippen molar-refractivity contribution in [1.29, 1.82) is 5.26 Å². The van der Waals surface area contributed by atoms with Crippen LogP contribution in [0.5, 0.6) is 11.5 Å². The first kappa shape index (κ1) is 22.9. The Hall–Kier alpha value is -2.89. The number of fused-ring (bicyclic) bond motifs is 1. The summed E-state index contributed by atoms with van der Waals surface area (Å²) in [7, 11) is 0. The van der Waals surface area contributed by atoms with E-state index in [1.807, 2.05) is 26.1 Å². The van der Waals surface area contributed by atoms with Gasteiger partial charge in [0.05, 0.1) is 22.4 Å². The Morgan fingerprint density at radius 3 is 2.74 bits per heavy atom. The van der Waals surface area contributed by atoms with Gasteiger partial charge in [-0.2, -0.15) is 5.26 Å².